The Morgan fingerprint density at radius 3 is 2.19 bits per heavy atom. The number of amides is 2. The van der Waals surface area contributed by atoms with Gasteiger partial charge in [-0.3, -0.25) is 14.5 Å². The van der Waals surface area contributed by atoms with Crippen LogP contribution in [0.3, 0.4) is 0 Å². The van der Waals surface area contributed by atoms with Crippen molar-refractivity contribution in [2.75, 3.05) is 59.4 Å². The van der Waals surface area contributed by atoms with Crippen molar-refractivity contribution < 1.29 is 14.7 Å². The van der Waals surface area contributed by atoms with Gasteiger partial charge < -0.3 is 19.8 Å². The average molecular weight is 379 g/mol. The summed E-state index contributed by atoms with van der Waals surface area (Å²) < 4.78 is 0. The maximum absolute atomic E-state index is 12.7. The zero-order valence-electron chi connectivity index (χ0n) is 16.8. The van der Waals surface area contributed by atoms with E-state index >= 15 is 0 Å². The number of aliphatic hydroxyl groups is 1. The average Bonchev–Trinajstić information content (AvgIpc) is 3.59. The third-order valence-electron chi connectivity index (χ3n) is 7.05. The Labute approximate surface area is 162 Å². The molecule has 4 aliphatic rings. The van der Waals surface area contributed by atoms with Crippen molar-refractivity contribution in [2.45, 2.75) is 44.2 Å². The first-order valence-electron chi connectivity index (χ1n) is 10.6. The van der Waals surface area contributed by atoms with Crippen LogP contribution in [0, 0.1) is 11.8 Å². The van der Waals surface area contributed by atoms with E-state index in [1.807, 2.05) is 4.90 Å². The van der Waals surface area contributed by atoms with Crippen LogP contribution in [-0.4, -0.2) is 108 Å². The fraction of sp³-hybridized carbons (Fsp3) is 0.900. The molecule has 2 amide bonds. The van der Waals surface area contributed by atoms with E-state index in [1.54, 1.807) is 0 Å². The van der Waals surface area contributed by atoms with Crippen LogP contribution in [0.4, 0.5) is 0 Å². The van der Waals surface area contributed by atoms with Gasteiger partial charge in [0.05, 0.1) is 0 Å². The number of hydrogen-bond donors (Lipinski definition) is 1. The van der Waals surface area contributed by atoms with Gasteiger partial charge in [0.15, 0.2) is 0 Å². The summed E-state index contributed by atoms with van der Waals surface area (Å²) in [5.41, 5.74) is -1.04. The van der Waals surface area contributed by atoms with Crippen LogP contribution in [0.1, 0.15) is 32.6 Å². The predicted octanol–water partition coefficient (Wildman–Crippen LogP) is -0.156. The molecule has 7 heteroatoms. The smallest absolute Gasteiger partial charge is 0.254 e. The summed E-state index contributed by atoms with van der Waals surface area (Å²) in [5, 5.41) is 10.0. The molecule has 0 spiro atoms. The van der Waals surface area contributed by atoms with Crippen LogP contribution in [0.15, 0.2) is 0 Å². The van der Waals surface area contributed by atoms with E-state index in [2.05, 4.69) is 28.7 Å². The second-order valence-electron chi connectivity index (χ2n) is 9.18. The molecule has 2 saturated heterocycles. The summed E-state index contributed by atoms with van der Waals surface area (Å²) >= 11 is 0. The molecule has 7 nitrogen and oxygen atoms in total. The summed E-state index contributed by atoms with van der Waals surface area (Å²) in [4.78, 5) is 33.5. The molecular weight excluding hydrogens is 344 g/mol. The Morgan fingerprint density at radius 2 is 1.59 bits per heavy atom. The molecule has 2 aliphatic heterocycles. The minimum absolute atomic E-state index is 0.0742. The van der Waals surface area contributed by atoms with Crippen LogP contribution < -0.4 is 0 Å². The third-order valence-corrected chi connectivity index (χ3v) is 7.05. The van der Waals surface area contributed by atoms with Crippen LogP contribution in [-0.2, 0) is 9.59 Å². The maximum atomic E-state index is 12.7. The first-order chi connectivity index (χ1) is 12.9. The van der Waals surface area contributed by atoms with Crippen molar-refractivity contribution in [3.05, 3.63) is 0 Å². The highest BCUT2D eigenvalue weighted by Crippen LogP contribution is 2.44. The first kappa shape index (κ1) is 19.2. The lowest BCUT2D eigenvalue weighted by molar-refractivity contribution is -0.144. The summed E-state index contributed by atoms with van der Waals surface area (Å²) in [7, 11) is 2.11. The Hall–Kier alpha value is -1.18. The summed E-state index contributed by atoms with van der Waals surface area (Å²) in [6.07, 6.45) is 3.35. The number of likely N-dealkylation sites (N-methyl/N-ethyl adjacent to an activating group) is 1. The molecule has 4 rings (SSSR count). The Kier molecular flexibility index (Phi) is 5.20. The summed E-state index contributed by atoms with van der Waals surface area (Å²) in [6.45, 7) is 9.11. The number of hydrogen-bond acceptors (Lipinski definition) is 5. The largest absolute Gasteiger partial charge is 0.380 e. The maximum Gasteiger partial charge on any atom is 0.254 e. The SMILES string of the molecule is CC(CC1CC1C(=O)N1CCN(C)CC1)N1CCN(C(=O)C2(O)CC2)CC1. The highest BCUT2D eigenvalue weighted by Gasteiger charge is 2.50. The molecule has 27 heavy (non-hydrogen) atoms. The quantitative estimate of drug-likeness (QED) is 0.720. The second-order valence-corrected chi connectivity index (χ2v) is 9.18. The molecule has 2 saturated carbocycles. The van der Waals surface area contributed by atoms with Crippen molar-refractivity contribution in [2.24, 2.45) is 11.8 Å². The van der Waals surface area contributed by atoms with Gasteiger partial charge in [0, 0.05) is 64.3 Å². The van der Waals surface area contributed by atoms with Crippen LogP contribution in [0.25, 0.3) is 0 Å². The molecule has 2 aliphatic carbocycles. The molecule has 0 aromatic heterocycles. The minimum atomic E-state index is -1.04. The summed E-state index contributed by atoms with van der Waals surface area (Å²) in [6, 6.07) is 0.446. The van der Waals surface area contributed by atoms with Crippen LogP contribution >= 0.6 is 0 Å². The van der Waals surface area contributed by atoms with E-state index in [0.717, 1.165) is 52.1 Å². The molecule has 1 N–H and O–H groups in total. The molecule has 0 bridgehead atoms. The van der Waals surface area contributed by atoms with Gasteiger partial charge in [0.25, 0.3) is 5.91 Å². The fourth-order valence-corrected chi connectivity index (χ4v) is 4.65. The number of nitrogens with zero attached hydrogens (tertiary/aromatic N) is 4. The van der Waals surface area contributed by atoms with Gasteiger partial charge in [0.2, 0.25) is 5.91 Å². The lowest BCUT2D eigenvalue weighted by Gasteiger charge is -2.39. The molecule has 0 radical (unpaired) electrons. The molecule has 0 aromatic rings. The fourth-order valence-electron chi connectivity index (χ4n) is 4.65. The Balaban J connectivity index is 1.19. The van der Waals surface area contributed by atoms with Crippen molar-refractivity contribution in [1.29, 1.82) is 0 Å². The van der Waals surface area contributed by atoms with E-state index in [9.17, 15) is 14.7 Å². The highest BCUT2D eigenvalue weighted by molar-refractivity contribution is 5.87. The number of rotatable bonds is 5. The van der Waals surface area contributed by atoms with Gasteiger partial charge in [0.1, 0.15) is 5.60 Å². The Morgan fingerprint density at radius 1 is 1.00 bits per heavy atom. The van der Waals surface area contributed by atoms with Gasteiger partial charge in [-0.2, -0.15) is 0 Å². The van der Waals surface area contributed by atoms with Gasteiger partial charge in [-0.1, -0.05) is 0 Å². The van der Waals surface area contributed by atoms with Gasteiger partial charge in [-0.05, 0) is 45.6 Å². The van der Waals surface area contributed by atoms with Gasteiger partial charge in [-0.25, -0.2) is 0 Å². The van der Waals surface area contributed by atoms with Crippen LogP contribution in [0.5, 0.6) is 0 Å². The lowest BCUT2D eigenvalue weighted by atomic mass is 10.1. The first-order valence-corrected chi connectivity index (χ1v) is 10.6. The second kappa shape index (κ2) is 7.33. The predicted molar refractivity (Wildman–Crippen MR) is 102 cm³/mol. The topological polar surface area (TPSA) is 67.3 Å². The van der Waals surface area contributed by atoms with Crippen molar-refractivity contribution in [1.82, 2.24) is 19.6 Å². The zero-order chi connectivity index (χ0) is 19.2. The van der Waals surface area contributed by atoms with E-state index in [-0.39, 0.29) is 11.8 Å². The Bertz CT molecular complexity index is 578. The molecule has 3 atom stereocenters. The van der Waals surface area contributed by atoms with Gasteiger partial charge >= 0.3 is 0 Å². The minimum Gasteiger partial charge on any atom is -0.380 e. The standard InChI is InChI=1S/C20H34N4O3/c1-15(22-9-11-24(12-10-22)19(26)20(27)3-4-20)13-16-14-17(16)18(25)23-7-5-21(2)6-8-23/h15-17,27H,3-14H2,1-2H3. The number of carbonyl (C=O) groups excluding carboxylic acids is 2. The van der Waals surface area contributed by atoms with Crippen molar-refractivity contribution in [3.63, 3.8) is 0 Å². The number of carbonyl (C=O) groups is 2. The van der Waals surface area contributed by atoms with E-state index < -0.39 is 5.60 Å². The third kappa shape index (κ3) is 4.15. The van der Waals surface area contributed by atoms with Crippen molar-refractivity contribution in [3.8, 4) is 0 Å². The molecule has 152 valence electrons. The molecule has 0 aromatic carbocycles. The molecule has 2 heterocycles. The monoisotopic (exact) mass is 378 g/mol. The van der Waals surface area contributed by atoms with Gasteiger partial charge in [-0.15, -0.1) is 0 Å². The molecule has 4 fully saturated rings. The van der Waals surface area contributed by atoms with E-state index in [4.69, 9.17) is 0 Å². The summed E-state index contributed by atoms with van der Waals surface area (Å²) in [5.74, 6) is 1.06. The highest BCUT2D eigenvalue weighted by atomic mass is 16.3. The van der Waals surface area contributed by atoms with Crippen molar-refractivity contribution >= 4 is 11.8 Å². The zero-order valence-corrected chi connectivity index (χ0v) is 16.8. The molecular formula is C20H34N4O3. The lowest BCUT2D eigenvalue weighted by Crippen LogP contribution is -2.54. The molecule has 3 unspecified atom stereocenters. The normalized spacial score (nSPS) is 32.3. The van der Waals surface area contributed by atoms with Crippen LogP contribution in [0.2, 0.25) is 0 Å². The van der Waals surface area contributed by atoms with E-state index in [0.29, 0.717) is 43.8 Å². The number of piperazine rings is 2. The van der Waals surface area contributed by atoms with E-state index in [1.165, 1.54) is 0 Å².